The molecule has 0 atom stereocenters. The minimum absolute atomic E-state index is 0.115. The van der Waals surface area contributed by atoms with Crippen LogP contribution in [0.25, 0.3) is 0 Å². The van der Waals surface area contributed by atoms with E-state index >= 15 is 0 Å². The molecule has 1 aliphatic rings. The molecule has 0 spiro atoms. The van der Waals surface area contributed by atoms with Crippen molar-refractivity contribution in [3.63, 3.8) is 0 Å². The minimum atomic E-state index is 0.115. The quantitative estimate of drug-likeness (QED) is 0.834. The number of carbonyl (C=O) groups is 1. The van der Waals surface area contributed by atoms with E-state index < -0.39 is 0 Å². The second kappa shape index (κ2) is 7.93. The molecule has 0 saturated heterocycles. The Kier molecular flexibility index (Phi) is 5.90. The highest BCUT2D eigenvalue weighted by molar-refractivity contribution is 5.76. The number of carbonyl (C=O) groups excluding carboxylic acids is 1. The molecule has 1 fully saturated rings. The first-order valence-electron chi connectivity index (χ1n) is 7.73. The number of rotatable bonds is 5. The van der Waals surface area contributed by atoms with Gasteiger partial charge in [0.25, 0.3) is 0 Å². The standard InChI is InChI=1S/C17H25NO2/c1-14-8-10-16(11-9-14)20-13-12-17(19)18-15-6-4-2-3-5-7-15/h8-11,15H,2-7,12-13H2,1H3,(H,18,19). The van der Waals surface area contributed by atoms with Crippen molar-refractivity contribution in [2.75, 3.05) is 6.61 Å². The molecule has 1 aliphatic carbocycles. The lowest BCUT2D eigenvalue weighted by atomic mass is 10.1. The maximum absolute atomic E-state index is 11.9. The van der Waals surface area contributed by atoms with Crippen molar-refractivity contribution in [3.8, 4) is 5.75 Å². The van der Waals surface area contributed by atoms with Crippen molar-refractivity contribution in [1.29, 1.82) is 0 Å². The highest BCUT2D eigenvalue weighted by atomic mass is 16.5. The largest absolute Gasteiger partial charge is 0.493 e. The summed E-state index contributed by atoms with van der Waals surface area (Å²) < 4.78 is 5.58. The second-order valence-corrected chi connectivity index (χ2v) is 5.67. The maximum atomic E-state index is 11.9. The molecule has 3 nitrogen and oxygen atoms in total. The summed E-state index contributed by atoms with van der Waals surface area (Å²) in [5.74, 6) is 0.946. The van der Waals surface area contributed by atoms with Crippen LogP contribution < -0.4 is 10.1 Å². The van der Waals surface area contributed by atoms with Gasteiger partial charge in [0.15, 0.2) is 0 Å². The molecule has 1 aromatic rings. The molecule has 3 heteroatoms. The highest BCUT2D eigenvalue weighted by Gasteiger charge is 2.14. The zero-order valence-corrected chi connectivity index (χ0v) is 12.4. The lowest BCUT2D eigenvalue weighted by molar-refractivity contribution is -0.122. The fourth-order valence-electron chi connectivity index (χ4n) is 2.62. The molecule has 1 saturated carbocycles. The van der Waals surface area contributed by atoms with Crippen LogP contribution in [0, 0.1) is 6.92 Å². The van der Waals surface area contributed by atoms with E-state index in [1.807, 2.05) is 31.2 Å². The van der Waals surface area contributed by atoms with Gasteiger partial charge < -0.3 is 10.1 Å². The van der Waals surface area contributed by atoms with Crippen molar-refractivity contribution in [2.24, 2.45) is 0 Å². The van der Waals surface area contributed by atoms with Gasteiger partial charge >= 0.3 is 0 Å². The molecule has 1 N–H and O–H groups in total. The first kappa shape index (κ1) is 14.9. The van der Waals surface area contributed by atoms with E-state index in [2.05, 4.69) is 5.32 Å². The van der Waals surface area contributed by atoms with Gasteiger partial charge in [-0.2, -0.15) is 0 Å². The fraction of sp³-hybridized carbons (Fsp3) is 0.588. The molecule has 0 aliphatic heterocycles. The normalized spacial score (nSPS) is 16.4. The van der Waals surface area contributed by atoms with E-state index in [1.54, 1.807) is 0 Å². The van der Waals surface area contributed by atoms with Crippen LogP contribution in [0.3, 0.4) is 0 Å². The monoisotopic (exact) mass is 275 g/mol. The third-order valence-electron chi connectivity index (χ3n) is 3.84. The summed E-state index contributed by atoms with van der Waals surface area (Å²) in [5, 5.41) is 3.14. The Morgan fingerprint density at radius 2 is 1.80 bits per heavy atom. The van der Waals surface area contributed by atoms with Crippen molar-refractivity contribution in [1.82, 2.24) is 5.32 Å². The summed E-state index contributed by atoms with van der Waals surface area (Å²) in [5.41, 5.74) is 1.21. The highest BCUT2D eigenvalue weighted by Crippen LogP contribution is 2.17. The van der Waals surface area contributed by atoms with E-state index in [0.29, 0.717) is 19.1 Å². The van der Waals surface area contributed by atoms with Crippen molar-refractivity contribution in [2.45, 2.75) is 57.9 Å². The van der Waals surface area contributed by atoms with Crippen LogP contribution in [0.1, 0.15) is 50.5 Å². The van der Waals surface area contributed by atoms with Crippen LogP contribution in [-0.4, -0.2) is 18.6 Å². The molecule has 0 bridgehead atoms. The van der Waals surface area contributed by atoms with E-state index in [-0.39, 0.29) is 5.91 Å². The van der Waals surface area contributed by atoms with Gasteiger partial charge in [0.2, 0.25) is 5.91 Å². The van der Waals surface area contributed by atoms with Crippen molar-refractivity contribution in [3.05, 3.63) is 29.8 Å². The lowest BCUT2D eigenvalue weighted by Gasteiger charge is -2.16. The van der Waals surface area contributed by atoms with E-state index in [1.165, 1.54) is 31.2 Å². The van der Waals surface area contributed by atoms with Gasteiger partial charge in [0.05, 0.1) is 13.0 Å². The Morgan fingerprint density at radius 1 is 1.15 bits per heavy atom. The van der Waals surface area contributed by atoms with Crippen LogP contribution in [0.4, 0.5) is 0 Å². The molecule has 0 aromatic heterocycles. The molecule has 1 aromatic carbocycles. The fourth-order valence-corrected chi connectivity index (χ4v) is 2.62. The summed E-state index contributed by atoms with van der Waals surface area (Å²) in [7, 11) is 0. The molecule has 2 rings (SSSR count). The van der Waals surface area contributed by atoms with Crippen molar-refractivity contribution >= 4 is 5.91 Å². The predicted molar refractivity (Wildman–Crippen MR) is 80.9 cm³/mol. The average Bonchev–Trinajstić information content (AvgIpc) is 2.70. The van der Waals surface area contributed by atoms with Gasteiger partial charge in [-0.3, -0.25) is 4.79 Å². The van der Waals surface area contributed by atoms with Crippen LogP contribution in [0.15, 0.2) is 24.3 Å². The van der Waals surface area contributed by atoms with Gasteiger partial charge in [-0.05, 0) is 31.9 Å². The first-order chi connectivity index (χ1) is 9.74. The van der Waals surface area contributed by atoms with E-state index in [9.17, 15) is 4.79 Å². The molecule has 0 radical (unpaired) electrons. The Labute approximate surface area is 121 Å². The Balaban J connectivity index is 1.65. The van der Waals surface area contributed by atoms with Gasteiger partial charge in [-0.15, -0.1) is 0 Å². The van der Waals surface area contributed by atoms with Gasteiger partial charge in [0.1, 0.15) is 5.75 Å². The van der Waals surface area contributed by atoms with Crippen LogP contribution in [-0.2, 0) is 4.79 Å². The van der Waals surface area contributed by atoms with Crippen LogP contribution in [0.5, 0.6) is 5.75 Å². The van der Waals surface area contributed by atoms with Gasteiger partial charge in [-0.1, -0.05) is 43.4 Å². The first-order valence-corrected chi connectivity index (χ1v) is 7.73. The number of nitrogens with one attached hydrogen (secondary N) is 1. The summed E-state index contributed by atoms with van der Waals surface area (Å²) in [6, 6.07) is 8.29. The smallest absolute Gasteiger partial charge is 0.223 e. The molecule has 1 amide bonds. The Hall–Kier alpha value is -1.51. The molecular weight excluding hydrogens is 250 g/mol. The third kappa shape index (κ3) is 5.24. The van der Waals surface area contributed by atoms with Crippen LogP contribution >= 0.6 is 0 Å². The zero-order valence-electron chi connectivity index (χ0n) is 12.4. The Bertz CT molecular complexity index is 406. The molecule has 110 valence electrons. The summed E-state index contributed by atoms with van der Waals surface area (Å²) in [4.78, 5) is 11.9. The summed E-state index contributed by atoms with van der Waals surface area (Å²) in [6.45, 7) is 2.49. The van der Waals surface area contributed by atoms with Crippen LogP contribution in [0.2, 0.25) is 0 Å². The molecule has 0 unspecified atom stereocenters. The molecular formula is C17H25NO2. The topological polar surface area (TPSA) is 38.3 Å². The SMILES string of the molecule is Cc1ccc(OCCC(=O)NC2CCCCCC2)cc1. The zero-order chi connectivity index (χ0) is 14.2. The summed E-state index contributed by atoms with van der Waals surface area (Å²) >= 11 is 0. The minimum Gasteiger partial charge on any atom is -0.493 e. The maximum Gasteiger partial charge on any atom is 0.223 e. The predicted octanol–water partition coefficient (Wildman–Crippen LogP) is 3.60. The van der Waals surface area contributed by atoms with Gasteiger partial charge in [-0.25, -0.2) is 0 Å². The summed E-state index contributed by atoms with van der Waals surface area (Å²) in [6.07, 6.45) is 7.79. The number of ether oxygens (including phenoxy) is 1. The van der Waals surface area contributed by atoms with E-state index in [4.69, 9.17) is 4.74 Å². The van der Waals surface area contributed by atoms with Crippen molar-refractivity contribution < 1.29 is 9.53 Å². The Morgan fingerprint density at radius 3 is 2.45 bits per heavy atom. The molecule has 0 heterocycles. The second-order valence-electron chi connectivity index (χ2n) is 5.67. The van der Waals surface area contributed by atoms with E-state index in [0.717, 1.165) is 18.6 Å². The number of benzene rings is 1. The number of amides is 1. The lowest BCUT2D eigenvalue weighted by Crippen LogP contribution is -2.35. The average molecular weight is 275 g/mol. The number of hydrogen-bond donors (Lipinski definition) is 1. The third-order valence-corrected chi connectivity index (χ3v) is 3.84. The number of hydrogen-bond acceptors (Lipinski definition) is 2. The molecule has 20 heavy (non-hydrogen) atoms. The number of aryl methyl sites for hydroxylation is 1. The van der Waals surface area contributed by atoms with Gasteiger partial charge in [0, 0.05) is 6.04 Å².